The topological polar surface area (TPSA) is 128 Å². The summed E-state index contributed by atoms with van der Waals surface area (Å²) in [5.41, 5.74) is 5.85. The van der Waals surface area contributed by atoms with Gasteiger partial charge < -0.3 is 20.7 Å². The third-order valence-corrected chi connectivity index (χ3v) is 2.46. The average molecular weight is 270 g/mol. The average Bonchev–Trinajstić information content (AvgIpc) is 2.86. The lowest BCUT2D eigenvalue weighted by Crippen LogP contribution is -2.42. The molecule has 0 aliphatic carbocycles. The molecule has 1 aliphatic rings. The summed E-state index contributed by atoms with van der Waals surface area (Å²) in [7, 11) is 1.43. The summed E-state index contributed by atoms with van der Waals surface area (Å²) in [4.78, 5) is 17.6. The van der Waals surface area contributed by atoms with Gasteiger partial charge >= 0.3 is 6.09 Å². The minimum Gasteiger partial charge on any atom is -0.379 e. The molecule has 0 unspecified atom stereocenters. The Morgan fingerprint density at radius 2 is 2.21 bits per heavy atom. The number of ether oxygens (including phenoxy) is 1. The Morgan fingerprint density at radius 1 is 1.47 bits per heavy atom. The van der Waals surface area contributed by atoms with Crippen molar-refractivity contribution >= 4 is 17.7 Å². The fraction of sp³-hybridized carbons (Fsp3) is 0.556. The van der Waals surface area contributed by atoms with Crippen molar-refractivity contribution < 1.29 is 19.0 Å². The van der Waals surface area contributed by atoms with E-state index in [2.05, 4.69) is 30.3 Å². The predicted molar refractivity (Wildman–Crippen MR) is 63.2 cm³/mol. The van der Waals surface area contributed by atoms with E-state index >= 15 is 0 Å². The van der Waals surface area contributed by atoms with Crippen molar-refractivity contribution in [1.29, 1.82) is 0 Å². The molecule has 0 aromatic carbocycles. The number of amides is 1. The van der Waals surface area contributed by atoms with Gasteiger partial charge in [0.1, 0.15) is 0 Å². The zero-order chi connectivity index (χ0) is 13.7. The Bertz CT molecular complexity index is 467. The molecule has 19 heavy (non-hydrogen) atoms. The van der Waals surface area contributed by atoms with Crippen molar-refractivity contribution in [3.63, 3.8) is 0 Å². The van der Waals surface area contributed by atoms with Crippen LogP contribution in [0.5, 0.6) is 0 Å². The summed E-state index contributed by atoms with van der Waals surface area (Å²) >= 11 is 0. The van der Waals surface area contributed by atoms with E-state index in [9.17, 15) is 4.79 Å². The van der Waals surface area contributed by atoms with Gasteiger partial charge in [-0.15, -0.1) is 0 Å². The molecule has 1 saturated heterocycles. The van der Waals surface area contributed by atoms with Crippen molar-refractivity contribution in [1.82, 2.24) is 20.5 Å². The fourth-order valence-electron chi connectivity index (χ4n) is 1.51. The largest absolute Gasteiger partial charge is 0.433 e. The molecular weight excluding hydrogens is 256 g/mol. The van der Waals surface area contributed by atoms with Crippen LogP contribution in [0.25, 0.3) is 0 Å². The minimum atomic E-state index is -0.694. The Hall–Kier alpha value is -2.36. The van der Waals surface area contributed by atoms with E-state index in [1.807, 2.05) is 4.90 Å². The van der Waals surface area contributed by atoms with Crippen LogP contribution in [-0.4, -0.2) is 60.5 Å². The first-order valence-corrected chi connectivity index (χ1v) is 5.60. The van der Waals surface area contributed by atoms with Crippen LogP contribution < -0.4 is 11.1 Å². The Kier molecular flexibility index (Phi) is 4.13. The molecule has 1 aromatic rings. The summed E-state index contributed by atoms with van der Waals surface area (Å²) in [6.07, 6.45) is -0.694. The molecule has 3 N–H and O–H groups in total. The molecule has 10 heteroatoms. The summed E-state index contributed by atoms with van der Waals surface area (Å²) < 4.78 is 9.77. The highest BCUT2D eigenvalue weighted by Gasteiger charge is 2.24. The fourth-order valence-corrected chi connectivity index (χ4v) is 1.51. The van der Waals surface area contributed by atoms with Gasteiger partial charge in [0.25, 0.3) is 0 Å². The molecule has 2 heterocycles. The van der Waals surface area contributed by atoms with Crippen molar-refractivity contribution in [2.45, 2.75) is 0 Å². The Labute approximate surface area is 108 Å². The molecule has 0 saturated carbocycles. The summed E-state index contributed by atoms with van der Waals surface area (Å²) in [6.45, 7) is 2.21. The first kappa shape index (κ1) is 13.1. The maximum absolute atomic E-state index is 11.1. The van der Waals surface area contributed by atoms with Crippen LogP contribution in [-0.2, 0) is 9.57 Å². The van der Waals surface area contributed by atoms with E-state index in [1.165, 1.54) is 7.05 Å². The minimum absolute atomic E-state index is 0.0748. The summed E-state index contributed by atoms with van der Waals surface area (Å²) in [5, 5.41) is 13.2. The Balaban J connectivity index is 2.22. The smallest absolute Gasteiger partial charge is 0.379 e. The van der Waals surface area contributed by atoms with Crippen LogP contribution in [0.3, 0.4) is 0 Å². The number of nitrogens with two attached hydrogens (primary N) is 1. The number of nitrogen functional groups attached to an aromatic ring is 1. The molecule has 0 atom stereocenters. The number of anilines is 1. The number of carbonyl (C=O) groups excluding carboxylic acids is 1. The van der Waals surface area contributed by atoms with Crippen molar-refractivity contribution in [2.24, 2.45) is 5.16 Å². The third-order valence-electron chi connectivity index (χ3n) is 2.46. The lowest BCUT2D eigenvalue weighted by Gasteiger charge is -2.28. The second-order valence-electron chi connectivity index (χ2n) is 3.64. The maximum Gasteiger partial charge on any atom is 0.433 e. The van der Waals surface area contributed by atoms with Crippen molar-refractivity contribution in [3.05, 3.63) is 5.69 Å². The van der Waals surface area contributed by atoms with Gasteiger partial charge in [-0.25, -0.2) is 9.42 Å². The number of nitrogens with one attached hydrogen (secondary N) is 1. The van der Waals surface area contributed by atoms with Crippen LogP contribution in [0.2, 0.25) is 0 Å². The molecule has 104 valence electrons. The van der Waals surface area contributed by atoms with Crippen LogP contribution in [0.15, 0.2) is 9.78 Å². The molecule has 10 nitrogen and oxygen atoms in total. The van der Waals surface area contributed by atoms with Gasteiger partial charge in [0.2, 0.25) is 5.84 Å². The van der Waals surface area contributed by atoms with Gasteiger partial charge in [0.15, 0.2) is 11.5 Å². The monoisotopic (exact) mass is 270 g/mol. The third kappa shape index (κ3) is 3.10. The number of aromatic nitrogens is 2. The van der Waals surface area contributed by atoms with Crippen molar-refractivity contribution in [3.8, 4) is 0 Å². The summed E-state index contributed by atoms with van der Waals surface area (Å²) in [6, 6.07) is 0. The van der Waals surface area contributed by atoms with Gasteiger partial charge in [-0.05, 0) is 10.3 Å². The standard InChI is InChI=1S/C9H14N6O4/c1-11-9(16)18-14-8(6-7(10)13-19-12-6)15-2-4-17-5-3-15/h2-5H2,1H3,(H2,10,13)(H,11,16)/b14-8-. The van der Waals surface area contributed by atoms with Crippen LogP contribution in [0.4, 0.5) is 10.6 Å². The highest BCUT2D eigenvalue weighted by atomic mass is 16.7. The van der Waals surface area contributed by atoms with Gasteiger partial charge in [0.05, 0.1) is 13.2 Å². The van der Waals surface area contributed by atoms with Gasteiger partial charge in [-0.3, -0.25) is 4.84 Å². The number of rotatable bonds is 2. The molecule has 0 bridgehead atoms. The van der Waals surface area contributed by atoms with Gasteiger partial charge in [-0.1, -0.05) is 5.16 Å². The van der Waals surface area contributed by atoms with Crippen molar-refractivity contribution in [2.75, 3.05) is 39.1 Å². The molecule has 1 amide bonds. The molecule has 1 fully saturated rings. The van der Waals surface area contributed by atoms with E-state index in [0.29, 0.717) is 26.3 Å². The zero-order valence-electron chi connectivity index (χ0n) is 10.3. The van der Waals surface area contributed by atoms with Gasteiger partial charge in [-0.2, -0.15) is 0 Å². The number of morpholine rings is 1. The number of hydrogen-bond donors (Lipinski definition) is 2. The molecule has 1 aromatic heterocycles. The number of nitrogens with zero attached hydrogens (tertiary/aromatic N) is 4. The lowest BCUT2D eigenvalue weighted by atomic mass is 10.3. The van der Waals surface area contributed by atoms with Crippen LogP contribution in [0, 0.1) is 0 Å². The molecule has 0 radical (unpaired) electrons. The number of amidine groups is 1. The number of oxime groups is 1. The summed E-state index contributed by atoms with van der Waals surface area (Å²) in [5.74, 6) is 0.358. The van der Waals surface area contributed by atoms with E-state index in [4.69, 9.17) is 10.5 Å². The second-order valence-corrected chi connectivity index (χ2v) is 3.64. The maximum atomic E-state index is 11.1. The quantitative estimate of drug-likeness (QED) is 0.303. The van der Waals surface area contributed by atoms with E-state index in [-0.39, 0.29) is 17.3 Å². The van der Waals surface area contributed by atoms with E-state index in [0.717, 1.165) is 0 Å². The molecule has 2 rings (SSSR count). The SMILES string of the molecule is CNC(=O)O/N=C(/c1nonc1N)N1CCOCC1. The number of hydrogen-bond acceptors (Lipinski definition) is 8. The van der Waals surface area contributed by atoms with Crippen LogP contribution in [0.1, 0.15) is 5.69 Å². The lowest BCUT2D eigenvalue weighted by molar-refractivity contribution is 0.0660. The normalized spacial score (nSPS) is 16.3. The molecule has 0 spiro atoms. The first-order chi connectivity index (χ1) is 9.22. The molecule has 1 aliphatic heterocycles. The molecular formula is C9H14N6O4. The number of carbonyl (C=O) groups is 1. The predicted octanol–water partition coefficient (Wildman–Crippen LogP) is -0.998. The first-order valence-electron chi connectivity index (χ1n) is 5.60. The van der Waals surface area contributed by atoms with E-state index < -0.39 is 6.09 Å². The van der Waals surface area contributed by atoms with Gasteiger partial charge in [0, 0.05) is 20.1 Å². The highest BCUT2D eigenvalue weighted by molar-refractivity contribution is 6.00. The zero-order valence-corrected chi connectivity index (χ0v) is 10.3. The Morgan fingerprint density at radius 3 is 2.79 bits per heavy atom. The van der Waals surface area contributed by atoms with Crippen LogP contribution >= 0.6 is 0 Å². The second kappa shape index (κ2) is 6.00. The highest BCUT2D eigenvalue weighted by Crippen LogP contribution is 2.12. The van der Waals surface area contributed by atoms with E-state index in [1.54, 1.807) is 0 Å².